The van der Waals surface area contributed by atoms with Crippen LogP contribution in [0.1, 0.15) is 55.9 Å². The summed E-state index contributed by atoms with van der Waals surface area (Å²) in [4.78, 5) is 34.6. The number of carbonyl (C=O) groups excluding carboxylic acids is 3. The lowest BCUT2D eigenvalue weighted by Crippen LogP contribution is -2.55. The Morgan fingerprint density at radius 2 is 1.50 bits per heavy atom. The third-order valence-electron chi connectivity index (χ3n) is 5.40. The van der Waals surface area contributed by atoms with Crippen LogP contribution in [-0.2, 0) is 36.7 Å². The molecule has 0 saturated carbocycles. The molecule has 0 atom stereocenters. The lowest BCUT2D eigenvalue weighted by atomic mass is 9.92. The summed E-state index contributed by atoms with van der Waals surface area (Å²) in [6.07, 6.45) is 2.73. The molecule has 0 heterocycles. The molecule has 0 unspecified atom stereocenters. The van der Waals surface area contributed by atoms with E-state index in [9.17, 15) is 14.4 Å². The average molecular weight is 464 g/mol. The summed E-state index contributed by atoms with van der Waals surface area (Å²) in [7, 11) is 0. The Balaban J connectivity index is 2.01. The van der Waals surface area contributed by atoms with Crippen molar-refractivity contribution < 1.29 is 23.9 Å². The number of amides is 1. The van der Waals surface area contributed by atoms with E-state index in [2.05, 4.69) is 36.2 Å². The number of hydrogen-bond donors (Lipinski definition) is 1. The minimum atomic E-state index is -1.00. The van der Waals surface area contributed by atoms with Crippen molar-refractivity contribution in [2.45, 2.75) is 58.9 Å². The summed E-state index contributed by atoms with van der Waals surface area (Å²) in [6.45, 7) is 5.92. The molecule has 0 spiro atoms. The summed E-state index contributed by atoms with van der Waals surface area (Å²) >= 11 is 0. The predicted molar refractivity (Wildman–Crippen MR) is 131 cm³/mol. The van der Waals surface area contributed by atoms with Crippen LogP contribution in [0.3, 0.4) is 0 Å². The van der Waals surface area contributed by atoms with Crippen LogP contribution in [0, 0.1) is 18.8 Å². The summed E-state index contributed by atoms with van der Waals surface area (Å²) in [5.74, 6) is 5.20. The van der Waals surface area contributed by atoms with Crippen LogP contribution < -0.4 is 5.32 Å². The molecule has 180 valence electrons. The molecule has 0 radical (unpaired) electrons. The summed E-state index contributed by atoms with van der Waals surface area (Å²) < 4.78 is 10.4. The van der Waals surface area contributed by atoms with Gasteiger partial charge in [-0.15, -0.1) is 0 Å². The van der Waals surface area contributed by atoms with E-state index in [0.29, 0.717) is 12.8 Å². The number of esters is 2. The Morgan fingerprint density at radius 1 is 0.882 bits per heavy atom. The van der Waals surface area contributed by atoms with Crippen molar-refractivity contribution >= 4 is 17.8 Å². The highest BCUT2D eigenvalue weighted by Crippen LogP contribution is 2.18. The van der Waals surface area contributed by atoms with Crippen LogP contribution >= 0.6 is 0 Å². The highest BCUT2D eigenvalue weighted by atomic mass is 16.5. The maximum Gasteiger partial charge on any atom is 0.302 e. The van der Waals surface area contributed by atoms with Gasteiger partial charge in [-0.3, -0.25) is 14.4 Å². The van der Waals surface area contributed by atoms with E-state index in [1.807, 2.05) is 36.4 Å². The van der Waals surface area contributed by atoms with Gasteiger partial charge in [-0.1, -0.05) is 48.2 Å². The zero-order valence-electron chi connectivity index (χ0n) is 20.4. The molecule has 6 heteroatoms. The van der Waals surface area contributed by atoms with Crippen molar-refractivity contribution in [3.05, 3.63) is 70.8 Å². The first-order chi connectivity index (χ1) is 16.2. The second-order valence-electron chi connectivity index (χ2n) is 8.45. The Labute approximate surface area is 202 Å². The van der Waals surface area contributed by atoms with Crippen LogP contribution in [0.25, 0.3) is 0 Å². The zero-order valence-corrected chi connectivity index (χ0v) is 20.4. The third kappa shape index (κ3) is 9.50. The van der Waals surface area contributed by atoms with Crippen molar-refractivity contribution in [1.29, 1.82) is 0 Å². The molecule has 1 amide bonds. The number of ether oxygens (including phenoxy) is 2. The molecule has 6 nitrogen and oxygen atoms in total. The van der Waals surface area contributed by atoms with Crippen LogP contribution in [0.2, 0.25) is 0 Å². The van der Waals surface area contributed by atoms with Crippen molar-refractivity contribution in [2.75, 3.05) is 13.2 Å². The SMILES string of the molecule is CC(=O)NC(CCc1ccc(C#CCCc2ccccc2C)cc1)(COC(C)=O)COC(C)=O. The number of benzene rings is 2. The second-order valence-corrected chi connectivity index (χ2v) is 8.45. The number of nitrogens with one attached hydrogen (secondary N) is 1. The first-order valence-electron chi connectivity index (χ1n) is 11.4. The molecule has 2 aromatic carbocycles. The van der Waals surface area contributed by atoms with Gasteiger partial charge in [-0.2, -0.15) is 0 Å². The Hall–Kier alpha value is -3.59. The van der Waals surface area contributed by atoms with Crippen LogP contribution in [0.5, 0.6) is 0 Å². The monoisotopic (exact) mass is 463 g/mol. The second kappa shape index (κ2) is 13.2. The first-order valence-corrected chi connectivity index (χ1v) is 11.4. The average Bonchev–Trinajstić information content (AvgIpc) is 2.79. The lowest BCUT2D eigenvalue weighted by molar-refractivity contribution is -0.150. The molecule has 0 aromatic heterocycles. The molecule has 0 bridgehead atoms. The van der Waals surface area contributed by atoms with Crippen molar-refractivity contribution in [3.63, 3.8) is 0 Å². The molecule has 2 rings (SSSR count). The molecule has 0 aliphatic heterocycles. The quantitative estimate of drug-likeness (QED) is 0.427. The molecule has 0 fully saturated rings. The van der Waals surface area contributed by atoms with Gasteiger partial charge in [0.15, 0.2) is 0 Å². The smallest absolute Gasteiger partial charge is 0.302 e. The van der Waals surface area contributed by atoms with Crippen molar-refractivity contribution in [2.24, 2.45) is 0 Å². The molecule has 34 heavy (non-hydrogen) atoms. The van der Waals surface area contributed by atoms with Crippen LogP contribution in [0.4, 0.5) is 0 Å². The number of aryl methyl sites for hydroxylation is 3. The van der Waals surface area contributed by atoms with Gasteiger partial charge in [0, 0.05) is 32.8 Å². The van der Waals surface area contributed by atoms with Gasteiger partial charge in [0.25, 0.3) is 0 Å². The van der Waals surface area contributed by atoms with Crippen molar-refractivity contribution in [1.82, 2.24) is 5.32 Å². The normalized spacial score (nSPS) is 10.6. The standard InChI is InChI=1S/C28H33NO5/c1-21-9-5-7-11-27(21)12-8-6-10-25-13-15-26(16-14-25)17-18-28(29-22(2)30,19-33-23(3)31)20-34-24(4)32/h5,7,9,11,13-16H,8,12,17-20H2,1-4H3,(H,29,30). The zero-order chi connectivity index (χ0) is 25.0. The van der Waals surface area contributed by atoms with Gasteiger partial charge in [0.05, 0.1) is 0 Å². The van der Waals surface area contributed by atoms with E-state index < -0.39 is 17.5 Å². The summed E-state index contributed by atoms with van der Waals surface area (Å²) in [6, 6.07) is 16.2. The number of carbonyl (C=O) groups is 3. The fraction of sp³-hybridized carbons (Fsp3) is 0.393. The minimum Gasteiger partial charge on any atom is -0.463 e. The Kier molecular flexibility index (Phi) is 10.3. The van der Waals surface area contributed by atoms with Crippen molar-refractivity contribution in [3.8, 4) is 11.8 Å². The Morgan fingerprint density at radius 3 is 2.06 bits per heavy atom. The number of rotatable bonds is 10. The summed E-state index contributed by atoms with van der Waals surface area (Å²) in [5.41, 5.74) is 3.56. The third-order valence-corrected chi connectivity index (χ3v) is 5.40. The Bertz CT molecular complexity index is 1030. The van der Waals surface area contributed by atoms with E-state index in [1.54, 1.807) is 0 Å². The maximum atomic E-state index is 11.8. The van der Waals surface area contributed by atoms with E-state index in [1.165, 1.54) is 31.9 Å². The fourth-order valence-corrected chi connectivity index (χ4v) is 3.56. The molecular formula is C28H33NO5. The fourth-order valence-electron chi connectivity index (χ4n) is 3.56. The van der Waals surface area contributed by atoms with Gasteiger partial charge in [0.2, 0.25) is 5.91 Å². The topological polar surface area (TPSA) is 81.7 Å². The van der Waals surface area contributed by atoms with E-state index in [0.717, 1.165) is 24.0 Å². The van der Waals surface area contributed by atoms with E-state index >= 15 is 0 Å². The van der Waals surface area contributed by atoms with Gasteiger partial charge in [-0.25, -0.2) is 0 Å². The lowest BCUT2D eigenvalue weighted by Gasteiger charge is -2.33. The molecule has 0 aliphatic carbocycles. The summed E-state index contributed by atoms with van der Waals surface area (Å²) in [5, 5.41) is 2.82. The maximum absolute atomic E-state index is 11.8. The molecule has 0 aliphatic rings. The van der Waals surface area contributed by atoms with Gasteiger partial charge >= 0.3 is 11.9 Å². The molecule has 1 N–H and O–H groups in total. The van der Waals surface area contributed by atoms with Crippen LogP contribution in [0.15, 0.2) is 48.5 Å². The highest BCUT2D eigenvalue weighted by molar-refractivity contribution is 5.74. The minimum absolute atomic E-state index is 0.0837. The molecule has 0 saturated heterocycles. The predicted octanol–water partition coefficient (Wildman–Crippen LogP) is 3.91. The molecular weight excluding hydrogens is 430 g/mol. The molecule has 2 aromatic rings. The first kappa shape index (κ1) is 26.7. The van der Waals surface area contributed by atoms with E-state index in [4.69, 9.17) is 9.47 Å². The van der Waals surface area contributed by atoms with Crippen LogP contribution in [-0.4, -0.2) is 36.6 Å². The van der Waals surface area contributed by atoms with E-state index in [-0.39, 0.29) is 19.1 Å². The van der Waals surface area contributed by atoms with Gasteiger partial charge in [-0.05, 0) is 55.0 Å². The van der Waals surface area contributed by atoms with Gasteiger partial charge < -0.3 is 14.8 Å². The largest absolute Gasteiger partial charge is 0.463 e. The van der Waals surface area contributed by atoms with Gasteiger partial charge in [0.1, 0.15) is 18.8 Å². The highest BCUT2D eigenvalue weighted by Gasteiger charge is 2.34. The number of hydrogen-bond acceptors (Lipinski definition) is 5.